The van der Waals surface area contributed by atoms with Crippen LogP contribution in [-0.4, -0.2) is 67.1 Å². The molecule has 0 bridgehead atoms. The number of esters is 1. The van der Waals surface area contributed by atoms with Crippen LogP contribution in [-0.2, 0) is 43.9 Å². The van der Waals surface area contributed by atoms with Gasteiger partial charge in [-0.05, 0) is 12.5 Å². The average molecular weight is 558 g/mol. The third-order valence-electron chi connectivity index (χ3n) is 5.36. The van der Waals surface area contributed by atoms with Crippen LogP contribution in [0.5, 0.6) is 0 Å². The Bertz CT molecular complexity index is 991. The standard InChI is InChI=1S/C24H36N3O8PS/c1-17(23(31)33-14-11-19-8-6-5-7-9-19)27-36(32)34-16-24(3,4)21(35-36)22(30)26-12-10-20(29)25-13-15-37-18(2)28/h5-9,17,21H,10-16H2,1-4H3,(H,25,29)(H,26,30)(H,27,32)/t17-,21-,36?/m0/s1. The number of thioether (sulfide) groups is 1. The zero-order chi connectivity index (χ0) is 27.5. The first-order valence-corrected chi connectivity index (χ1v) is 14.5. The number of carbonyl (C=O) groups excluding carboxylic acids is 4. The van der Waals surface area contributed by atoms with E-state index in [2.05, 4.69) is 15.7 Å². The number of carbonyl (C=O) groups is 4. The van der Waals surface area contributed by atoms with Gasteiger partial charge in [-0.2, -0.15) is 0 Å². The summed E-state index contributed by atoms with van der Waals surface area (Å²) < 4.78 is 29.4. The van der Waals surface area contributed by atoms with E-state index in [-0.39, 0.29) is 37.2 Å². The lowest BCUT2D eigenvalue weighted by Gasteiger charge is -2.40. The van der Waals surface area contributed by atoms with Crippen molar-refractivity contribution in [3.05, 3.63) is 35.9 Å². The number of hydrogen-bond acceptors (Lipinski definition) is 9. The molecule has 0 aliphatic carbocycles. The van der Waals surface area contributed by atoms with Crippen LogP contribution in [0.3, 0.4) is 0 Å². The van der Waals surface area contributed by atoms with E-state index in [4.69, 9.17) is 13.8 Å². The molecule has 0 saturated carbocycles. The molecule has 0 radical (unpaired) electrons. The third kappa shape index (κ3) is 11.0. The molecular weight excluding hydrogens is 521 g/mol. The largest absolute Gasteiger partial charge is 0.464 e. The van der Waals surface area contributed by atoms with Crippen molar-refractivity contribution < 1.29 is 37.5 Å². The number of ether oxygens (including phenoxy) is 1. The SMILES string of the molecule is CC(=O)SCCNC(=O)CCNC(=O)[C@@H]1OP(=O)(N[C@@H](C)C(=O)OCCc2ccccc2)OCC1(C)C. The lowest BCUT2D eigenvalue weighted by Crippen LogP contribution is -2.51. The van der Waals surface area contributed by atoms with Gasteiger partial charge in [-0.15, -0.1) is 0 Å². The quantitative estimate of drug-likeness (QED) is 0.187. The van der Waals surface area contributed by atoms with E-state index >= 15 is 0 Å². The summed E-state index contributed by atoms with van der Waals surface area (Å²) >= 11 is 1.12. The van der Waals surface area contributed by atoms with E-state index < -0.39 is 37.2 Å². The van der Waals surface area contributed by atoms with Gasteiger partial charge in [0, 0.05) is 44.0 Å². The Balaban J connectivity index is 1.81. The minimum absolute atomic E-state index is 0.0262. The van der Waals surface area contributed by atoms with E-state index in [1.54, 1.807) is 13.8 Å². The third-order valence-corrected chi connectivity index (χ3v) is 7.84. The number of nitrogens with one attached hydrogen (secondary N) is 3. The molecular formula is C24H36N3O8PS. The van der Waals surface area contributed by atoms with Gasteiger partial charge in [-0.3, -0.25) is 28.2 Å². The summed E-state index contributed by atoms with van der Waals surface area (Å²) in [6.07, 6.45) is -0.576. The number of rotatable bonds is 13. The van der Waals surface area contributed by atoms with Crippen LogP contribution in [0, 0.1) is 5.41 Å². The first-order chi connectivity index (χ1) is 17.4. The van der Waals surface area contributed by atoms with Crippen molar-refractivity contribution >= 4 is 42.4 Å². The van der Waals surface area contributed by atoms with Gasteiger partial charge in [0.15, 0.2) is 11.2 Å². The summed E-state index contributed by atoms with van der Waals surface area (Å²) in [7, 11) is -4.00. The minimum atomic E-state index is -4.00. The molecule has 2 amide bonds. The summed E-state index contributed by atoms with van der Waals surface area (Å²) in [4.78, 5) is 48.0. The predicted molar refractivity (Wildman–Crippen MR) is 140 cm³/mol. The molecule has 1 unspecified atom stereocenters. The smallest absolute Gasteiger partial charge is 0.407 e. The molecule has 13 heteroatoms. The molecule has 206 valence electrons. The average Bonchev–Trinajstić information content (AvgIpc) is 2.84. The van der Waals surface area contributed by atoms with Crippen LogP contribution in [0.2, 0.25) is 0 Å². The highest BCUT2D eigenvalue weighted by atomic mass is 32.2. The van der Waals surface area contributed by atoms with Gasteiger partial charge < -0.3 is 15.4 Å². The molecule has 37 heavy (non-hydrogen) atoms. The van der Waals surface area contributed by atoms with Gasteiger partial charge in [0.05, 0.1) is 13.2 Å². The van der Waals surface area contributed by atoms with Gasteiger partial charge in [0.1, 0.15) is 6.04 Å². The molecule has 11 nitrogen and oxygen atoms in total. The summed E-state index contributed by atoms with van der Waals surface area (Å²) in [6.45, 7) is 6.86. The molecule has 1 heterocycles. The zero-order valence-electron chi connectivity index (χ0n) is 21.6. The highest BCUT2D eigenvalue weighted by Gasteiger charge is 2.49. The Morgan fingerprint density at radius 1 is 1.16 bits per heavy atom. The van der Waals surface area contributed by atoms with Crippen LogP contribution >= 0.6 is 19.5 Å². The summed E-state index contributed by atoms with van der Waals surface area (Å²) in [5.74, 6) is -0.979. The van der Waals surface area contributed by atoms with Gasteiger partial charge in [-0.1, -0.05) is 55.9 Å². The molecule has 1 aliphatic rings. The molecule has 0 spiro atoms. The van der Waals surface area contributed by atoms with Crippen LogP contribution in [0.1, 0.15) is 39.7 Å². The number of amides is 2. The molecule has 1 saturated heterocycles. The first kappa shape index (κ1) is 31.0. The highest BCUT2D eigenvalue weighted by Crippen LogP contribution is 2.53. The van der Waals surface area contributed by atoms with E-state index in [1.165, 1.54) is 13.8 Å². The Morgan fingerprint density at radius 3 is 2.54 bits per heavy atom. The van der Waals surface area contributed by atoms with Gasteiger partial charge in [-0.25, -0.2) is 9.65 Å². The number of benzene rings is 1. The fraction of sp³-hybridized carbons (Fsp3) is 0.583. The Hall–Kier alpha value is -2.24. The Morgan fingerprint density at radius 2 is 1.86 bits per heavy atom. The second-order valence-electron chi connectivity index (χ2n) is 9.23. The fourth-order valence-corrected chi connectivity index (χ4v) is 5.73. The van der Waals surface area contributed by atoms with Crippen molar-refractivity contribution in [2.45, 2.75) is 52.7 Å². The maximum atomic E-state index is 13.2. The summed E-state index contributed by atoms with van der Waals surface area (Å²) in [6, 6.07) is 8.53. The molecule has 1 fully saturated rings. The second-order valence-corrected chi connectivity index (χ2v) is 12.2. The van der Waals surface area contributed by atoms with Crippen molar-refractivity contribution in [1.82, 2.24) is 15.7 Å². The molecule has 3 atom stereocenters. The van der Waals surface area contributed by atoms with E-state index in [9.17, 15) is 23.7 Å². The molecule has 1 aromatic carbocycles. The lowest BCUT2D eigenvalue weighted by atomic mass is 9.87. The maximum Gasteiger partial charge on any atom is 0.407 e. The molecule has 2 rings (SSSR count). The summed E-state index contributed by atoms with van der Waals surface area (Å²) in [5.41, 5.74) is 0.203. The van der Waals surface area contributed by atoms with Crippen LogP contribution in [0.4, 0.5) is 0 Å². The molecule has 1 aliphatic heterocycles. The Kier molecular flexibility index (Phi) is 12.3. The zero-order valence-corrected chi connectivity index (χ0v) is 23.3. The predicted octanol–water partition coefficient (Wildman–Crippen LogP) is 2.20. The fourth-order valence-electron chi connectivity index (χ4n) is 3.30. The number of hydrogen-bond donors (Lipinski definition) is 3. The second kappa shape index (κ2) is 14.6. The van der Waals surface area contributed by atoms with Crippen molar-refractivity contribution in [1.29, 1.82) is 0 Å². The lowest BCUT2D eigenvalue weighted by molar-refractivity contribution is -0.145. The summed E-state index contributed by atoms with van der Waals surface area (Å²) in [5, 5.41) is 7.81. The Labute approximate surface area is 221 Å². The van der Waals surface area contributed by atoms with Crippen molar-refractivity contribution in [2.75, 3.05) is 32.1 Å². The monoisotopic (exact) mass is 557 g/mol. The highest BCUT2D eigenvalue weighted by molar-refractivity contribution is 8.13. The van der Waals surface area contributed by atoms with E-state index in [1.807, 2.05) is 30.3 Å². The first-order valence-electron chi connectivity index (χ1n) is 12.0. The molecule has 1 aromatic rings. The topological polar surface area (TPSA) is 149 Å². The normalized spacial score (nSPS) is 21.5. The van der Waals surface area contributed by atoms with Crippen molar-refractivity contribution in [3.63, 3.8) is 0 Å². The van der Waals surface area contributed by atoms with E-state index in [0.717, 1.165) is 17.3 Å². The van der Waals surface area contributed by atoms with Gasteiger partial charge in [0.2, 0.25) is 11.8 Å². The van der Waals surface area contributed by atoms with Crippen molar-refractivity contribution in [3.8, 4) is 0 Å². The van der Waals surface area contributed by atoms with Gasteiger partial charge >= 0.3 is 13.7 Å². The van der Waals surface area contributed by atoms with Crippen molar-refractivity contribution in [2.24, 2.45) is 5.41 Å². The molecule has 0 aromatic heterocycles. The van der Waals surface area contributed by atoms with Gasteiger partial charge in [0.25, 0.3) is 0 Å². The minimum Gasteiger partial charge on any atom is -0.464 e. The van der Waals surface area contributed by atoms with E-state index in [0.29, 0.717) is 18.7 Å². The van der Waals surface area contributed by atoms with Crippen LogP contribution in [0.25, 0.3) is 0 Å². The van der Waals surface area contributed by atoms with Crippen LogP contribution < -0.4 is 15.7 Å². The van der Waals surface area contributed by atoms with Crippen LogP contribution in [0.15, 0.2) is 30.3 Å². The molecule has 3 N–H and O–H groups in total. The maximum absolute atomic E-state index is 13.2.